The predicted molar refractivity (Wildman–Crippen MR) is 85.5 cm³/mol. The van der Waals surface area contributed by atoms with Crippen LogP contribution in [0.2, 0.25) is 0 Å². The van der Waals surface area contributed by atoms with Gasteiger partial charge in [0.05, 0.1) is 10.6 Å². The number of aliphatic carboxylic acids is 1. The van der Waals surface area contributed by atoms with E-state index < -0.39 is 16.8 Å². The quantitative estimate of drug-likeness (QED) is 0.847. The summed E-state index contributed by atoms with van der Waals surface area (Å²) in [5.74, 6) is 0.932. The summed E-state index contributed by atoms with van der Waals surface area (Å²) in [6.45, 7) is 5.52. The number of hydrogen-bond donors (Lipinski definition) is 2. The molecule has 0 bridgehead atoms. The van der Waals surface area contributed by atoms with Crippen molar-refractivity contribution in [2.24, 2.45) is 5.73 Å². The van der Waals surface area contributed by atoms with Crippen LogP contribution in [-0.4, -0.2) is 26.8 Å². The Labute approximate surface area is 131 Å². The van der Waals surface area contributed by atoms with E-state index in [1.54, 1.807) is 11.3 Å². The van der Waals surface area contributed by atoms with Gasteiger partial charge in [0.2, 0.25) is 5.89 Å². The minimum absolute atomic E-state index is 0.564. The molecule has 0 aliphatic carbocycles. The Kier molecular flexibility index (Phi) is 4.75. The van der Waals surface area contributed by atoms with E-state index in [1.165, 1.54) is 11.8 Å². The lowest BCUT2D eigenvalue weighted by atomic mass is 10.1. The molecule has 0 aliphatic heterocycles. The van der Waals surface area contributed by atoms with Crippen molar-refractivity contribution in [2.75, 3.05) is 0 Å². The van der Waals surface area contributed by atoms with Crippen LogP contribution in [0.25, 0.3) is 10.8 Å². The molecular formula is C14H18N2O3S2. The predicted octanol–water partition coefficient (Wildman–Crippen LogP) is 3.14. The molecule has 5 nitrogen and oxygen atoms in total. The lowest BCUT2D eigenvalue weighted by Crippen LogP contribution is -2.46. The Bertz CT molecular complexity index is 620. The van der Waals surface area contributed by atoms with Crippen LogP contribution < -0.4 is 5.73 Å². The van der Waals surface area contributed by atoms with Gasteiger partial charge in [0.1, 0.15) is 11.8 Å². The van der Waals surface area contributed by atoms with Crippen molar-refractivity contribution in [3.63, 3.8) is 0 Å². The average molecular weight is 326 g/mol. The highest BCUT2D eigenvalue weighted by atomic mass is 32.2. The fourth-order valence-electron chi connectivity index (χ4n) is 1.71. The summed E-state index contributed by atoms with van der Waals surface area (Å²) in [6, 6.07) is 2.98. The molecule has 2 rings (SSSR count). The van der Waals surface area contributed by atoms with Crippen molar-refractivity contribution in [3.8, 4) is 10.8 Å². The van der Waals surface area contributed by atoms with Crippen molar-refractivity contribution in [1.82, 2.24) is 4.98 Å². The van der Waals surface area contributed by atoms with Crippen LogP contribution in [0.1, 0.15) is 25.3 Å². The van der Waals surface area contributed by atoms with Gasteiger partial charge in [0.15, 0.2) is 0 Å². The van der Waals surface area contributed by atoms with Gasteiger partial charge in [-0.25, -0.2) is 4.98 Å². The third-order valence-corrected chi connectivity index (χ3v) is 5.49. The fourth-order valence-corrected chi connectivity index (χ4v) is 3.42. The number of aryl methyl sites for hydroxylation is 1. The van der Waals surface area contributed by atoms with Gasteiger partial charge in [0, 0.05) is 10.5 Å². The van der Waals surface area contributed by atoms with Gasteiger partial charge in [-0.3, -0.25) is 4.79 Å². The largest absolute Gasteiger partial charge is 0.480 e. The molecule has 0 fully saturated rings. The van der Waals surface area contributed by atoms with E-state index in [-0.39, 0.29) is 0 Å². The molecule has 21 heavy (non-hydrogen) atoms. The highest BCUT2D eigenvalue weighted by Gasteiger charge is 2.33. The topological polar surface area (TPSA) is 89.4 Å². The second-order valence-electron chi connectivity index (χ2n) is 5.21. The minimum Gasteiger partial charge on any atom is -0.480 e. The Balaban J connectivity index is 2.09. The lowest BCUT2D eigenvalue weighted by molar-refractivity contribution is -0.139. The Morgan fingerprint density at radius 1 is 1.62 bits per heavy atom. The van der Waals surface area contributed by atoms with E-state index in [1.807, 2.05) is 38.3 Å². The van der Waals surface area contributed by atoms with Gasteiger partial charge in [-0.1, -0.05) is 6.07 Å². The highest BCUT2D eigenvalue weighted by Crippen LogP contribution is 2.33. The third-order valence-electron chi connectivity index (χ3n) is 3.22. The van der Waals surface area contributed by atoms with Crippen LogP contribution in [0.15, 0.2) is 21.9 Å². The molecule has 0 amide bonds. The summed E-state index contributed by atoms with van der Waals surface area (Å²) in [5.41, 5.74) is 6.54. The molecule has 0 spiro atoms. The first-order valence-corrected chi connectivity index (χ1v) is 8.30. The van der Waals surface area contributed by atoms with Crippen LogP contribution in [0.5, 0.6) is 0 Å². The maximum atomic E-state index is 11.0. The number of carboxylic acid groups (broad SMARTS) is 1. The molecule has 2 heterocycles. The van der Waals surface area contributed by atoms with Gasteiger partial charge in [0.25, 0.3) is 0 Å². The molecule has 0 saturated heterocycles. The molecule has 2 aromatic heterocycles. The number of rotatable bonds is 6. The summed E-state index contributed by atoms with van der Waals surface area (Å²) in [5, 5.41) is 11.0. The summed E-state index contributed by atoms with van der Waals surface area (Å²) < 4.78 is 5.09. The normalized spacial score (nSPS) is 13.3. The van der Waals surface area contributed by atoms with Crippen molar-refractivity contribution in [2.45, 2.75) is 37.3 Å². The zero-order valence-electron chi connectivity index (χ0n) is 12.1. The van der Waals surface area contributed by atoms with Crippen LogP contribution in [0.3, 0.4) is 0 Å². The monoisotopic (exact) mass is 326 g/mol. The molecule has 0 aromatic carbocycles. The first-order valence-electron chi connectivity index (χ1n) is 6.44. The molecule has 2 aromatic rings. The minimum atomic E-state index is -0.997. The van der Waals surface area contributed by atoms with E-state index in [0.29, 0.717) is 11.6 Å². The Hall–Kier alpha value is -1.31. The van der Waals surface area contributed by atoms with Gasteiger partial charge in [-0.15, -0.1) is 23.1 Å². The second-order valence-corrected chi connectivity index (χ2v) is 7.78. The van der Waals surface area contributed by atoms with Crippen molar-refractivity contribution >= 4 is 29.1 Å². The number of aromatic nitrogens is 1. The van der Waals surface area contributed by atoms with Crippen molar-refractivity contribution in [1.29, 1.82) is 0 Å². The summed E-state index contributed by atoms with van der Waals surface area (Å²) in [6.07, 6.45) is 0. The maximum Gasteiger partial charge on any atom is 0.321 e. The van der Waals surface area contributed by atoms with Crippen LogP contribution in [0, 0.1) is 6.92 Å². The molecule has 0 unspecified atom stereocenters. The zero-order valence-corrected chi connectivity index (χ0v) is 13.8. The SMILES string of the molecule is Cc1oc(-c2cccs2)nc1CSC(C)(C)[C@@H](N)C(=O)O. The molecule has 1 atom stereocenters. The van der Waals surface area contributed by atoms with E-state index >= 15 is 0 Å². The van der Waals surface area contributed by atoms with Crippen molar-refractivity contribution < 1.29 is 14.3 Å². The first kappa shape index (κ1) is 16.1. The van der Waals surface area contributed by atoms with E-state index in [0.717, 1.165) is 16.3 Å². The molecule has 0 radical (unpaired) electrons. The number of nitrogens with zero attached hydrogens (tertiary/aromatic N) is 1. The maximum absolute atomic E-state index is 11.0. The van der Waals surface area contributed by atoms with Crippen LogP contribution >= 0.6 is 23.1 Å². The number of carboxylic acids is 1. The standard InChI is InChI=1S/C14H18N2O3S2/c1-8-9(7-21-14(2,3)11(15)13(17)18)16-12(19-8)10-5-4-6-20-10/h4-6,11H,7,15H2,1-3H3,(H,17,18)/t11-/m0/s1. The molecular weight excluding hydrogens is 308 g/mol. The van der Waals surface area contributed by atoms with E-state index in [2.05, 4.69) is 4.98 Å². The lowest BCUT2D eigenvalue weighted by Gasteiger charge is -2.27. The fraction of sp³-hybridized carbons (Fsp3) is 0.429. The van der Waals surface area contributed by atoms with Gasteiger partial charge < -0.3 is 15.3 Å². The summed E-state index contributed by atoms with van der Waals surface area (Å²) in [7, 11) is 0. The molecule has 7 heteroatoms. The number of hydrogen-bond acceptors (Lipinski definition) is 6. The van der Waals surface area contributed by atoms with E-state index in [9.17, 15) is 4.79 Å². The number of nitrogens with two attached hydrogens (primary N) is 1. The zero-order chi connectivity index (χ0) is 15.6. The van der Waals surface area contributed by atoms with E-state index in [4.69, 9.17) is 15.3 Å². The third kappa shape index (κ3) is 3.66. The van der Waals surface area contributed by atoms with Crippen LogP contribution in [-0.2, 0) is 10.5 Å². The Morgan fingerprint density at radius 2 is 2.33 bits per heavy atom. The van der Waals surface area contributed by atoms with Gasteiger partial charge in [-0.05, 0) is 32.2 Å². The Morgan fingerprint density at radius 3 is 2.90 bits per heavy atom. The number of thioether (sulfide) groups is 1. The average Bonchev–Trinajstić information content (AvgIpc) is 3.04. The number of carbonyl (C=O) groups is 1. The van der Waals surface area contributed by atoms with Gasteiger partial charge in [-0.2, -0.15) is 0 Å². The first-order chi connectivity index (χ1) is 9.81. The second kappa shape index (κ2) is 6.21. The summed E-state index contributed by atoms with van der Waals surface area (Å²) >= 11 is 3.04. The molecule has 3 N–H and O–H groups in total. The van der Waals surface area contributed by atoms with Crippen LogP contribution in [0.4, 0.5) is 0 Å². The number of oxazole rings is 1. The number of thiophene rings is 1. The summed E-state index contributed by atoms with van der Waals surface area (Å²) in [4.78, 5) is 16.5. The highest BCUT2D eigenvalue weighted by molar-refractivity contribution is 7.99. The molecule has 114 valence electrons. The van der Waals surface area contributed by atoms with Gasteiger partial charge >= 0.3 is 5.97 Å². The molecule has 0 aliphatic rings. The smallest absolute Gasteiger partial charge is 0.321 e. The molecule has 0 saturated carbocycles. The van der Waals surface area contributed by atoms with Crippen molar-refractivity contribution in [3.05, 3.63) is 29.0 Å².